The Hall–Kier alpha value is -5.51. The third kappa shape index (κ3) is 7.49. The maximum atomic E-state index is 12.7. The zero-order valence-corrected chi connectivity index (χ0v) is 21.2. The zero-order valence-electron chi connectivity index (χ0n) is 21.2. The molecule has 0 saturated heterocycles. The predicted octanol–water partition coefficient (Wildman–Crippen LogP) is 2.01. The molecule has 4 rings (SSSR count). The van der Waals surface area contributed by atoms with Gasteiger partial charge in [0.05, 0.1) is 7.11 Å². The van der Waals surface area contributed by atoms with Gasteiger partial charge in [-0.05, 0) is 41.8 Å². The van der Waals surface area contributed by atoms with Crippen LogP contribution in [-0.4, -0.2) is 55.6 Å². The summed E-state index contributed by atoms with van der Waals surface area (Å²) in [6.07, 6.45) is 1.99. The molecule has 0 amide bonds. The Balaban J connectivity index is 0.000000983. The second-order valence-corrected chi connectivity index (χ2v) is 8.05. The minimum Gasteiger partial charge on any atom is -0.493 e. The van der Waals surface area contributed by atoms with E-state index in [4.69, 9.17) is 35.8 Å². The van der Waals surface area contributed by atoms with E-state index in [0.29, 0.717) is 35.1 Å². The van der Waals surface area contributed by atoms with Crippen LogP contribution in [0.1, 0.15) is 35.4 Å². The highest BCUT2D eigenvalue weighted by atomic mass is 16.5. The first-order valence-electron chi connectivity index (χ1n) is 11.5. The third-order valence-electron chi connectivity index (χ3n) is 5.33. The largest absolute Gasteiger partial charge is 0.493 e. The first-order valence-corrected chi connectivity index (χ1v) is 11.5. The first kappa shape index (κ1) is 28.1. The van der Waals surface area contributed by atoms with Crippen LogP contribution in [-0.2, 0) is 11.2 Å². The Labute approximate surface area is 223 Å². The van der Waals surface area contributed by atoms with Crippen molar-refractivity contribution in [1.29, 1.82) is 10.7 Å². The average molecular weight is 531 g/mol. The number of methoxy groups -OCH3 is 1. The van der Waals surface area contributed by atoms with E-state index in [-0.39, 0.29) is 18.4 Å². The number of nitrogens with one attached hydrogen (secondary N) is 2. The molecule has 0 aliphatic carbocycles. The summed E-state index contributed by atoms with van der Waals surface area (Å²) >= 11 is 0. The molecule has 4 aromatic rings. The number of hydrogen-bond acceptors (Lipinski definition) is 9. The Bertz CT molecular complexity index is 1520. The number of benzene rings is 2. The minimum absolute atomic E-state index is 0.0159. The fourth-order valence-corrected chi connectivity index (χ4v) is 3.62. The SMILES string of the molecule is CC(=O)O.COc1cc(C(Cc2ccc(C(=N)N)cc2)c2nn(-c3cccnn3)c(=O)[nH]2)ccc1OCC#N. The van der Waals surface area contributed by atoms with Crippen LogP contribution in [0.4, 0.5) is 0 Å². The van der Waals surface area contributed by atoms with Crippen LogP contribution in [0.5, 0.6) is 11.5 Å². The van der Waals surface area contributed by atoms with Crippen molar-refractivity contribution in [3.05, 3.63) is 93.8 Å². The second-order valence-electron chi connectivity index (χ2n) is 8.05. The maximum Gasteiger partial charge on any atom is 0.349 e. The number of carbonyl (C=O) groups is 1. The summed E-state index contributed by atoms with van der Waals surface area (Å²) in [6, 6.07) is 17.9. The van der Waals surface area contributed by atoms with Crippen molar-refractivity contribution in [2.75, 3.05) is 13.7 Å². The highest BCUT2D eigenvalue weighted by Crippen LogP contribution is 2.34. The molecule has 39 heavy (non-hydrogen) atoms. The number of hydrogen-bond donors (Lipinski definition) is 4. The Morgan fingerprint density at radius 2 is 1.95 bits per heavy atom. The zero-order chi connectivity index (χ0) is 28.4. The number of aromatic amines is 1. The van der Waals surface area contributed by atoms with Gasteiger partial charge in [-0.3, -0.25) is 15.2 Å². The maximum absolute atomic E-state index is 12.7. The molecule has 0 saturated carbocycles. The number of amidine groups is 1. The second kappa shape index (κ2) is 13.2. The summed E-state index contributed by atoms with van der Waals surface area (Å²) in [6.45, 7) is 0.970. The van der Waals surface area contributed by atoms with Gasteiger partial charge in [0, 0.05) is 24.6 Å². The number of rotatable bonds is 9. The molecule has 1 atom stereocenters. The van der Waals surface area contributed by atoms with Gasteiger partial charge < -0.3 is 20.3 Å². The number of ether oxygens (including phenoxy) is 2. The normalized spacial score (nSPS) is 10.9. The molecule has 0 radical (unpaired) electrons. The summed E-state index contributed by atoms with van der Waals surface area (Å²) in [7, 11) is 1.51. The monoisotopic (exact) mass is 530 g/mol. The summed E-state index contributed by atoms with van der Waals surface area (Å²) in [5.74, 6) is 0.373. The molecule has 2 heterocycles. The molecule has 1 unspecified atom stereocenters. The van der Waals surface area contributed by atoms with Gasteiger partial charge in [0.25, 0.3) is 5.97 Å². The van der Waals surface area contributed by atoms with Crippen LogP contribution in [0, 0.1) is 16.7 Å². The molecule has 13 heteroatoms. The summed E-state index contributed by atoms with van der Waals surface area (Å²) in [5.41, 5.74) is 7.50. The number of aromatic nitrogens is 5. The van der Waals surface area contributed by atoms with Crippen molar-refractivity contribution in [3.8, 4) is 23.4 Å². The van der Waals surface area contributed by atoms with E-state index >= 15 is 0 Å². The van der Waals surface area contributed by atoms with E-state index in [9.17, 15) is 4.79 Å². The van der Waals surface area contributed by atoms with Crippen molar-refractivity contribution in [1.82, 2.24) is 25.0 Å². The highest BCUT2D eigenvalue weighted by Gasteiger charge is 2.23. The van der Waals surface area contributed by atoms with Crippen LogP contribution in [0.25, 0.3) is 5.82 Å². The highest BCUT2D eigenvalue weighted by molar-refractivity contribution is 5.94. The standard InChI is InChI=1S/C24H22N8O3.C2H4O2/c1-34-20-14-17(8-9-19(20)35-12-10-25)18(13-15-4-6-16(7-5-15)22(26)27)23-29-24(33)32(31-23)21-3-2-11-28-30-21;1-2(3)4/h2-9,11,14,18H,12-13H2,1H3,(H3,26,27)(H,29,31,33);1H3,(H,3,4). The predicted molar refractivity (Wildman–Crippen MR) is 140 cm³/mol. The molecule has 5 N–H and O–H groups in total. The molecule has 13 nitrogen and oxygen atoms in total. The lowest BCUT2D eigenvalue weighted by Gasteiger charge is -2.17. The van der Waals surface area contributed by atoms with E-state index in [1.54, 1.807) is 36.4 Å². The lowest BCUT2D eigenvalue weighted by atomic mass is 9.90. The van der Waals surface area contributed by atoms with Gasteiger partial charge in [-0.15, -0.1) is 10.2 Å². The van der Waals surface area contributed by atoms with Gasteiger partial charge in [-0.25, -0.2) is 4.79 Å². The smallest absolute Gasteiger partial charge is 0.349 e. The van der Waals surface area contributed by atoms with Crippen LogP contribution in [0.3, 0.4) is 0 Å². The van der Waals surface area contributed by atoms with Gasteiger partial charge in [0.1, 0.15) is 17.7 Å². The molecule has 0 aliphatic rings. The fraction of sp³-hybridized carbons (Fsp3) is 0.192. The number of aliphatic carboxylic acids is 1. The summed E-state index contributed by atoms with van der Waals surface area (Å²) in [4.78, 5) is 24.5. The van der Waals surface area contributed by atoms with Gasteiger partial charge in [0.2, 0.25) is 0 Å². The van der Waals surface area contributed by atoms with Crippen molar-refractivity contribution in [2.24, 2.45) is 5.73 Å². The van der Waals surface area contributed by atoms with E-state index in [1.807, 2.05) is 24.3 Å². The van der Waals surface area contributed by atoms with E-state index < -0.39 is 11.7 Å². The minimum atomic E-state index is -0.833. The topological polar surface area (TPSA) is 206 Å². The molecule has 2 aromatic carbocycles. The number of carboxylic acids is 1. The molecule has 200 valence electrons. The lowest BCUT2D eigenvalue weighted by molar-refractivity contribution is -0.134. The van der Waals surface area contributed by atoms with Crippen molar-refractivity contribution in [3.63, 3.8) is 0 Å². The van der Waals surface area contributed by atoms with E-state index in [0.717, 1.165) is 22.7 Å². The quantitative estimate of drug-likeness (QED) is 0.183. The van der Waals surface area contributed by atoms with Crippen molar-refractivity contribution >= 4 is 11.8 Å². The molecular weight excluding hydrogens is 504 g/mol. The van der Waals surface area contributed by atoms with Crippen LogP contribution < -0.4 is 20.9 Å². The lowest BCUT2D eigenvalue weighted by Crippen LogP contribution is -2.17. The van der Waals surface area contributed by atoms with E-state index in [2.05, 4.69) is 20.3 Å². The average Bonchev–Trinajstić information content (AvgIpc) is 3.32. The summed E-state index contributed by atoms with van der Waals surface area (Å²) in [5, 5.41) is 36.1. The number of H-pyrrole nitrogens is 1. The van der Waals surface area contributed by atoms with Crippen molar-refractivity contribution in [2.45, 2.75) is 19.3 Å². The number of nitrogens with two attached hydrogens (primary N) is 1. The van der Waals surface area contributed by atoms with E-state index in [1.165, 1.54) is 13.3 Å². The molecular formula is C26H26N8O5. The molecule has 0 aliphatic heterocycles. The molecule has 2 aromatic heterocycles. The van der Waals surface area contributed by atoms with Crippen LogP contribution in [0.2, 0.25) is 0 Å². The molecule has 0 spiro atoms. The Morgan fingerprint density at radius 1 is 1.23 bits per heavy atom. The first-order chi connectivity index (χ1) is 18.7. The van der Waals surface area contributed by atoms with Gasteiger partial charge >= 0.3 is 5.69 Å². The molecule has 0 bridgehead atoms. The fourth-order valence-electron chi connectivity index (χ4n) is 3.62. The number of nitrogens with zero attached hydrogens (tertiary/aromatic N) is 5. The van der Waals surface area contributed by atoms with Gasteiger partial charge in [0.15, 0.2) is 23.9 Å². The number of nitrogen functional groups attached to an aromatic ring is 1. The van der Waals surface area contributed by atoms with Gasteiger partial charge in [-0.2, -0.15) is 15.0 Å². The third-order valence-corrected chi connectivity index (χ3v) is 5.33. The number of carboxylic acid groups (broad SMARTS) is 1. The Kier molecular flexibility index (Phi) is 9.47. The van der Waals surface area contributed by atoms with Gasteiger partial charge in [-0.1, -0.05) is 30.3 Å². The molecule has 0 fully saturated rings. The van der Waals surface area contributed by atoms with Crippen LogP contribution in [0.15, 0.2) is 65.6 Å². The summed E-state index contributed by atoms with van der Waals surface area (Å²) < 4.78 is 12.1. The Morgan fingerprint density at radius 3 is 2.54 bits per heavy atom. The number of nitriles is 1. The van der Waals surface area contributed by atoms with Crippen molar-refractivity contribution < 1.29 is 19.4 Å². The van der Waals surface area contributed by atoms with Crippen LogP contribution >= 0.6 is 0 Å².